The quantitative estimate of drug-likeness (QED) is 0.389. The Morgan fingerprint density at radius 3 is 2.65 bits per heavy atom. The summed E-state index contributed by atoms with van der Waals surface area (Å²) < 4.78 is 5.40. The lowest BCUT2D eigenvalue weighted by molar-refractivity contribution is -0.384. The molecule has 0 aliphatic heterocycles. The van der Waals surface area contributed by atoms with Gasteiger partial charge < -0.3 is 10.5 Å². The van der Waals surface area contributed by atoms with E-state index in [0.29, 0.717) is 5.56 Å². The molecule has 2 aromatic rings. The van der Waals surface area contributed by atoms with Crippen molar-refractivity contribution in [3.63, 3.8) is 0 Å². The van der Waals surface area contributed by atoms with E-state index in [1.807, 2.05) is 0 Å². The van der Waals surface area contributed by atoms with E-state index in [-0.39, 0.29) is 28.2 Å². The highest BCUT2D eigenvalue weighted by Crippen LogP contribution is 2.31. The molecule has 0 fully saturated rings. The van der Waals surface area contributed by atoms with Crippen LogP contribution in [0.1, 0.15) is 5.56 Å². The summed E-state index contributed by atoms with van der Waals surface area (Å²) in [5.41, 5.74) is 5.65. The van der Waals surface area contributed by atoms with Crippen molar-refractivity contribution in [3.05, 3.63) is 57.2 Å². The lowest BCUT2D eigenvalue weighted by atomic mass is 10.2. The number of ether oxygens (including phenoxy) is 1. The van der Waals surface area contributed by atoms with Crippen LogP contribution in [0.25, 0.3) is 0 Å². The van der Waals surface area contributed by atoms with Gasteiger partial charge >= 0.3 is 0 Å². The molecule has 0 bridgehead atoms. The highest BCUT2D eigenvalue weighted by molar-refractivity contribution is 6.32. The van der Waals surface area contributed by atoms with Crippen molar-refractivity contribution in [2.24, 2.45) is 5.73 Å². The molecule has 0 aliphatic rings. The molecule has 1 aromatic heterocycles. The molecule has 0 unspecified atom stereocenters. The van der Waals surface area contributed by atoms with E-state index >= 15 is 0 Å². The Kier molecular flexibility index (Phi) is 3.81. The van der Waals surface area contributed by atoms with Crippen LogP contribution in [0.15, 0.2) is 36.5 Å². The van der Waals surface area contributed by atoms with E-state index in [1.54, 1.807) is 6.07 Å². The van der Waals surface area contributed by atoms with Crippen LogP contribution in [0.4, 0.5) is 5.69 Å². The van der Waals surface area contributed by atoms with Crippen LogP contribution in [0.2, 0.25) is 5.02 Å². The third kappa shape index (κ3) is 3.01. The van der Waals surface area contributed by atoms with Crippen molar-refractivity contribution >= 4 is 23.1 Å². The Bertz CT molecular complexity index is 673. The Morgan fingerprint density at radius 1 is 1.40 bits per heavy atom. The molecule has 2 rings (SSSR count). The lowest BCUT2D eigenvalue weighted by Gasteiger charge is -2.06. The standard InChI is InChI=1S/C12H9ClN4O3/c13-9-5-8(17(18)19)2-3-10(9)20-11-4-1-7(6-16-11)12(14)15/h1-6H,(H3,14,15). The van der Waals surface area contributed by atoms with Crippen molar-refractivity contribution in [1.29, 1.82) is 5.41 Å². The number of aromatic nitrogens is 1. The van der Waals surface area contributed by atoms with Crippen LogP contribution >= 0.6 is 11.6 Å². The van der Waals surface area contributed by atoms with Gasteiger partial charge in [-0.2, -0.15) is 0 Å². The second-order valence-corrected chi connectivity index (χ2v) is 4.18. The molecule has 0 spiro atoms. The van der Waals surface area contributed by atoms with Gasteiger partial charge in [0.05, 0.1) is 9.95 Å². The van der Waals surface area contributed by atoms with Gasteiger partial charge in [0.2, 0.25) is 5.88 Å². The summed E-state index contributed by atoms with van der Waals surface area (Å²) >= 11 is 5.89. The SMILES string of the molecule is N=C(N)c1ccc(Oc2ccc([N+](=O)[O-])cc2Cl)nc1. The van der Waals surface area contributed by atoms with Gasteiger partial charge in [-0.1, -0.05) is 11.6 Å². The van der Waals surface area contributed by atoms with Crippen LogP contribution in [0.3, 0.4) is 0 Å². The Morgan fingerprint density at radius 2 is 2.15 bits per heavy atom. The second-order valence-electron chi connectivity index (χ2n) is 3.77. The van der Waals surface area contributed by atoms with Crippen molar-refractivity contribution in [2.45, 2.75) is 0 Å². The number of benzene rings is 1. The summed E-state index contributed by atoms with van der Waals surface area (Å²) in [6.45, 7) is 0. The average Bonchev–Trinajstić information content (AvgIpc) is 2.41. The van der Waals surface area contributed by atoms with Crippen LogP contribution < -0.4 is 10.5 Å². The predicted molar refractivity (Wildman–Crippen MR) is 73.4 cm³/mol. The number of non-ortho nitro benzene ring substituents is 1. The third-order valence-electron chi connectivity index (χ3n) is 2.39. The third-order valence-corrected chi connectivity index (χ3v) is 2.68. The summed E-state index contributed by atoms with van der Waals surface area (Å²) in [7, 11) is 0. The van der Waals surface area contributed by atoms with Crippen LogP contribution in [-0.2, 0) is 0 Å². The minimum absolute atomic E-state index is 0.0996. The first-order valence-electron chi connectivity index (χ1n) is 5.39. The van der Waals surface area contributed by atoms with Crippen molar-refractivity contribution in [2.75, 3.05) is 0 Å². The van der Waals surface area contributed by atoms with Crippen LogP contribution in [0.5, 0.6) is 11.6 Å². The average molecular weight is 293 g/mol. The molecule has 0 aliphatic carbocycles. The maximum Gasteiger partial charge on any atom is 0.271 e. The Labute approximate surface area is 118 Å². The first-order valence-corrected chi connectivity index (χ1v) is 5.77. The van der Waals surface area contributed by atoms with Gasteiger partial charge in [0.25, 0.3) is 5.69 Å². The number of hydrogen-bond donors (Lipinski definition) is 2. The molecule has 0 amide bonds. The van der Waals surface area contributed by atoms with Crippen molar-refractivity contribution in [1.82, 2.24) is 4.98 Å². The minimum Gasteiger partial charge on any atom is -0.437 e. The van der Waals surface area contributed by atoms with Gasteiger partial charge in [0, 0.05) is 30.0 Å². The fourth-order valence-electron chi connectivity index (χ4n) is 1.40. The van der Waals surface area contributed by atoms with E-state index < -0.39 is 4.92 Å². The highest BCUT2D eigenvalue weighted by Gasteiger charge is 2.11. The molecule has 8 heteroatoms. The van der Waals surface area contributed by atoms with E-state index in [0.717, 1.165) is 0 Å². The van der Waals surface area contributed by atoms with E-state index in [1.165, 1.54) is 30.5 Å². The largest absolute Gasteiger partial charge is 0.437 e. The number of rotatable bonds is 4. The number of halogens is 1. The second kappa shape index (κ2) is 5.54. The van der Waals surface area contributed by atoms with Gasteiger partial charge in [-0.3, -0.25) is 15.5 Å². The Balaban J connectivity index is 2.21. The normalized spacial score (nSPS) is 10.1. The van der Waals surface area contributed by atoms with Crippen LogP contribution in [0, 0.1) is 15.5 Å². The number of nitro groups is 1. The first-order chi connectivity index (χ1) is 9.47. The number of nitrogens with one attached hydrogen (secondary N) is 1. The fourth-order valence-corrected chi connectivity index (χ4v) is 1.61. The minimum atomic E-state index is -0.546. The molecular formula is C12H9ClN4O3. The zero-order valence-corrected chi connectivity index (χ0v) is 10.8. The number of nitrogens with zero attached hydrogens (tertiary/aromatic N) is 2. The predicted octanol–water partition coefficient (Wildman–Crippen LogP) is 2.72. The summed E-state index contributed by atoms with van der Waals surface area (Å²) in [6.07, 6.45) is 1.39. The maximum atomic E-state index is 10.6. The number of nitro benzene ring substituents is 1. The molecule has 7 nitrogen and oxygen atoms in total. The van der Waals surface area contributed by atoms with Gasteiger partial charge in [0.15, 0.2) is 0 Å². The molecule has 102 valence electrons. The molecule has 1 heterocycles. The summed E-state index contributed by atoms with van der Waals surface area (Å²) in [4.78, 5) is 14.0. The lowest BCUT2D eigenvalue weighted by Crippen LogP contribution is -2.11. The first kappa shape index (κ1) is 13.8. The van der Waals surface area contributed by atoms with E-state index in [2.05, 4.69) is 4.98 Å². The van der Waals surface area contributed by atoms with Gasteiger partial charge in [-0.15, -0.1) is 0 Å². The summed E-state index contributed by atoms with van der Waals surface area (Å²) in [6, 6.07) is 6.96. The molecule has 0 saturated carbocycles. The summed E-state index contributed by atoms with van der Waals surface area (Å²) in [5, 5.41) is 17.9. The fraction of sp³-hybridized carbons (Fsp3) is 0. The van der Waals surface area contributed by atoms with Gasteiger partial charge in [-0.05, 0) is 12.1 Å². The molecule has 20 heavy (non-hydrogen) atoms. The molecule has 0 radical (unpaired) electrons. The smallest absolute Gasteiger partial charge is 0.271 e. The molecular weight excluding hydrogens is 284 g/mol. The number of pyridine rings is 1. The molecule has 0 atom stereocenters. The Hall–Kier alpha value is -2.67. The van der Waals surface area contributed by atoms with E-state index in [9.17, 15) is 10.1 Å². The number of hydrogen-bond acceptors (Lipinski definition) is 5. The van der Waals surface area contributed by atoms with Gasteiger partial charge in [-0.25, -0.2) is 4.98 Å². The van der Waals surface area contributed by atoms with Crippen molar-refractivity contribution in [3.8, 4) is 11.6 Å². The zero-order valence-electron chi connectivity index (χ0n) is 10.0. The highest BCUT2D eigenvalue weighted by atomic mass is 35.5. The van der Waals surface area contributed by atoms with Crippen LogP contribution in [-0.4, -0.2) is 15.7 Å². The van der Waals surface area contributed by atoms with Gasteiger partial charge in [0.1, 0.15) is 11.6 Å². The number of amidine groups is 1. The van der Waals surface area contributed by atoms with E-state index in [4.69, 9.17) is 27.5 Å². The number of nitrogen functional groups attached to an aromatic ring is 1. The molecule has 0 saturated heterocycles. The molecule has 1 aromatic carbocycles. The summed E-state index contributed by atoms with van der Waals surface area (Å²) in [5.74, 6) is 0.392. The zero-order chi connectivity index (χ0) is 14.7. The van der Waals surface area contributed by atoms with Crippen molar-refractivity contribution < 1.29 is 9.66 Å². The topological polar surface area (TPSA) is 115 Å². The molecule has 3 N–H and O–H groups in total. The number of nitrogens with two attached hydrogens (primary N) is 1. The monoisotopic (exact) mass is 292 g/mol. The maximum absolute atomic E-state index is 10.6.